The molecular weight excluding hydrogens is 508 g/mol. The van der Waals surface area contributed by atoms with Crippen LogP contribution in [0.3, 0.4) is 0 Å². The maximum absolute atomic E-state index is 14.5. The Balaban J connectivity index is 1.81. The number of hydrogen-bond acceptors (Lipinski definition) is 6. The Labute approximate surface area is 238 Å². The molecule has 3 heterocycles. The van der Waals surface area contributed by atoms with Crippen LogP contribution in [-0.2, 0) is 23.9 Å². The Morgan fingerprint density at radius 1 is 1.25 bits per heavy atom. The molecule has 7 atom stereocenters. The van der Waals surface area contributed by atoms with E-state index in [2.05, 4.69) is 20.1 Å². The molecule has 0 aliphatic carbocycles. The van der Waals surface area contributed by atoms with Crippen molar-refractivity contribution in [2.45, 2.75) is 76.2 Å². The summed E-state index contributed by atoms with van der Waals surface area (Å²) in [6.07, 6.45) is 6.96. The van der Waals surface area contributed by atoms with E-state index in [1.54, 1.807) is 17.1 Å². The molecule has 3 unspecified atom stereocenters. The first-order valence-electron chi connectivity index (χ1n) is 14.6. The summed E-state index contributed by atoms with van der Waals surface area (Å²) in [4.78, 5) is 45.9. The predicted octanol–water partition coefficient (Wildman–Crippen LogP) is 4.05. The first-order chi connectivity index (χ1) is 19.2. The van der Waals surface area contributed by atoms with Crippen LogP contribution >= 0.6 is 0 Å². The first-order valence-corrected chi connectivity index (χ1v) is 14.6. The summed E-state index contributed by atoms with van der Waals surface area (Å²) >= 11 is 0. The smallest absolute Gasteiger partial charge is 0.312 e. The third-order valence-electron chi connectivity index (χ3n) is 9.17. The lowest BCUT2D eigenvalue weighted by atomic mass is 9.62. The second-order valence-corrected chi connectivity index (χ2v) is 11.6. The fraction of sp³-hybridized carbons (Fsp3) is 0.594. The number of aliphatic hydroxyl groups excluding tert-OH is 1. The molecule has 1 spiro atoms. The second-order valence-electron chi connectivity index (χ2n) is 11.6. The molecule has 3 aliphatic heterocycles. The van der Waals surface area contributed by atoms with Crippen molar-refractivity contribution in [3.8, 4) is 0 Å². The number of hydrogen-bond donors (Lipinski definition) is 1. The number of carbonyl (C=O) groups excluding carboxylic acids is 3. The first kappa shape index (κ1) is 30.0. The number of benzene rings is 1. The number of fused-ring (bicyclic) bond motifs is 1. The van der Waals surface area contributed by atoms with Gasteiger partial charge in [-0.1, -0.05) is 62.8 Å². The molecule has 0 aromatic heterocycles. The average molecular weight is 553 g/mol. The number of rotatable bonds is 14. The topological polar surface area (TPSA) is 96.4 Å². The summed E-state index contributed by atoms with van der Waals surface area (Å²) in [5, 5.41) is 10.6. The summed E-state index contributed by atoms with van der Waals surface area (Å²) in [6.45, 7) is 14.2. The van der Waals surface area contributed by atoms with Gasteiger partial charge in [-0.05, 0) is 44.1 Å². The molecule has 8 nitrogen and oxygen atoms in total. The lowest BCUT2D eigenvalue weighted by Gasteiger charge is -2.39. The van der Waals surface area contributed by atoms with Gasteiger partial charge in [0.25, 0.3) is 0 Å². The van der Waals surface area contributed by atoms with Crippen LogP contribution in [0.2, 0.25) is 0 Å². The van der Waals surface area contributed by atoms with Gasteiger partial charge in [-0.2, -0.15) is 0 Å². The SMILES string of the molecule is C=CCCCOC(=O)[C@@H]1[C@H]2C(=O)N([C@H](CO)c3ccccc3)C(C(=O)N(CC=C)CCCC)C23CC(C)[C@@]1(C)O3. The molecule has 3 fully saturated rings. The Bertz CT molecular complexity index is 1110. The minimum absolute atomic E-state index is 0.0923. The average Bonchev–Trinajstić information content (AvgIpc) is 3.46. The van der Waals surface area contributed by atoms with E-state index in [9.17, 15) is 19.5 Å². The van der Waals surface area contributed by atoms with E-state index in [1.807, 2.05) is 44.2 Å². The highest BCUT2D eigenvalue weighted by atomic mass is 16.6. The monoisotopic (exact) mass is 552 g/mol. The standard InChI is InChI=1S/C32H44N2O6/c1-6-9-14-19-39-30(38)26-25-28(36)34(24(21-35)23-15-12-11-13-16-23)27(29(37)33(17-8-3)18-10-7-2)32(25)20-22(4)31(26,5)40-32/h6,8,11-13,15-16,22,24-27,35H,1,3,7,9-10,14,17-21H2,2,4-5H3/t22?,24-,25+,26+,27?,31-,32?/m1/s1. The summed E-state index contributed by atoms with van der Waals surface area (Å²) in [6, 6.07) is 7.46. The number of likely N-dealkylation sites (tertiary alicyclic amines) is 1. The van der Waals surface area contributed by atoms with Crippen molar-refractivity contribution in [1.29, 1.82) is 0 Å². The van der Waals surface area contributed by atoms with Crippen LogP contribution in [0.15, 0.2) is 55.6 Å². The van der Waals surface area contributed by atoms with Crippen molar-refractivity contribution in [3.63, 3.8) is 0 Å². The van der Waals surface area contributed by atoms with E-state index in [0.29, 0.717) is 37.9 Å². The normalized spacial score (nSPS) is 31.1. The van der Waals surface area contributed by atoms with Gasteiger partial charge in [0.15, 0.2) is 0 Å². The van der Waals surface area contributed by atoms with Crippen LogP contribution in [0, 0.1) is 17.8 Å². The van der Waals surface area contributed by atoms with Gasteiger partial charge in [0.1, 0.15) is 17.6 Å². The van der Waals surface area contributed by atoms with E-state index >= 15 is 0 Å². The van der Waals surface area contributed by atoms with E-state index in [0.717, 1.165) is 12.8 Å². The van der Waals surface area contributed by atoms with Gasteiger partial charge in [0.2, 0.25) is 11.8 Å². The predicted molar refractivity (Wildman–Crippen MR) is 152 cm³/mol. The molecule has 40 heavy (non-hydrogen) atoms. The molecule has 3 saturated heterocycles. The molecule has 3 aliphatic rings. The van der Waals surface area contributed by atoms with Crippen LogP contribution < -0.4 is 0 Å². The molecule has 2 amide bonds. The highest BCUT2D eigenvalue weighted by Gasteiger charge is 2.80. The molecule has 4 rings (SSSR count). The second kappa shape index (κ2) is 12.3. The number of amides is 2. The number of allylic oxidation sites excluding steroid dienone is 1. The highest BCUT2D eigenvalue weighted by Crippen LogP contribution is 2.66. The van der Waals surface area contributed by atoms with E-state index < -0.39 is 41.1 Å². The van der Waals surface area contributed by atoms with Crippen molar-refractivity contribution < 1.29 is 29.0 Å². The molecule has 0 radical (unpaired) electrons. The summed E-state index contributed by atoms with van der Waals surface area (Å²) in [5.41, 5.74) is -1.44. The van der Waals surface area contributed by atoms with Crippen LogP contribution in [0.5, 0.6) is 0 Å². The molecular formula is C32H44N2O6. The third kappa shape index (κ3) is 4.90. The number of ether oxygens (including phenoxy) is 2. The van der Waals surface area contributed by atoms with Gasteiger partial charge in [0.05, 0.1) is 30.8 Å². The molecule has 1 aromatic rings. The Morgan fingerprint density at radius 3 is 2.60 bits per heavy atom. The number of nitrogens with zero attached hydrogens (tertiary/aromatic N) is 2. The number of aliphatic hydroxyl groups is 1. The van der Waals surface area contributed by atoms with Crippen molar-refractivity contribution in [3.05, 3.63) is 61.2 Å². The number of unbranched alkanes of at least 4 members (excludes halogenated alkanes) is 2. The maximum Gasteiger partial charge on any atom is 0.312 e. The van der Waals surface area contributed by atoms with Crippen LogP contribution in [0.1, 0.15) is 64.5 Å². The quantitative estimate of drug-likeness (QED) is 0.213. The summed E-state index contributed by atoms with van der Waals surface area (Å²) in [7, 11) is 0. The fourth-order valence-electron chi connectivity index (χ4n) is 7.14. The largest absolute Gasteiger partial charge is 0.465 e. The summed E-state index contributed by atoms with van der Waals surface area (Å²) in [5.74, 6) is -2.89. The van der Waals surface area contributed by atoms with Gasteiger partial charge in [-0.25, -0.2) is 0 Å². The van der Waals surface area contributed by atoms with Gasteiger partial charge in [-0.3, -0.25) is 14.4 Å². The lowest BCUT2D eigenvalue weighted by molar-refractivity contribution is -0.164. The fourth-order valence-corrected chi connectivity index (χ4v) is 7.14. The molecule has 2 bridgehead atoms. The highest BCUT2D eigenvalue weighted by molar-refractivity contribution is 5.99. The third-order valence-corrected chi connectivity index (χ3v) is 9.17. The van der Waals surface area contributed by atoms with Crippen molar-refractivity contribution >= 4 is 17.8 Å². The Kier molecular flexibility index (Phi) is 9.20. The van der Waals surface area contributed by atoms with E-state index in [4.69, 9.17) is 9.47 Å². The molecule has 8 heteroatoms. The zero-order valence-corrected chi connectivity index (χ0v) is 24.1. The van der Waals surface area contributed by atoms with Crippen LogP contribution in [-0.4, -0.2) is 76.2 Å². The maximum atomic E-state index is 14.5. The van der Waals surface area contributed by atoms with Crippen molar-refractivity contribution in [2.24, 2.45) is 17.8 Å². The number of carbonyl (C=O) groups is 3. The van der Waals surface area contributed by atoms with E-state index in [-0.39, 0.29) is 30.9 Å². The van der Waals surface area contributed by atoms with Crippen molar-refractivity contribution in [1.82, 2.24) is 9.80 Å². The zero-order chi connectivity index (χ0) is 29.1. The minimum Gasteiger partial charge on any atom is -0.465 e. The van der Waals surface area contributed by atoms with Gasteiger partial charge < -0.3 is 24.4 Å². The Hall–Kier alpha value is -2.97. The van der Waals surface area contributed by atoms with Crippen molar-refractivity contribution in [2.75, 3.05) is 26.3 Å². The van der Waals surface area contributed by atoms with Crippen LogP contribution in [0.4, 0.5) is 0 Å². The molecule has 0 saturated carbocycles. The van der Waals surface area contributed by atoms with Gasteiger partial charge in [-0.15, -0.1) is 13.2 Å². The van der Waals surface area contributed by atoms with E-state index in [1.165, 1.54) is 4.90 Å². The molecule has 1 aromatic carbocycles. The van der Waals surface area contributed by atoms with Crippen LogP contribution in [0.25, 0.3) is 0 Å². The van der Waals surface area contributed by atoms with Gasteiger partial charge in [0, 0.05) is 13.1 Å². The Morgan fingerprint density at radius 2 is 1.98 bits per heavy atom. The minimum atomic E-state index is -1.21. The molecule has 218 valence electrons. The molecule has 1 N–H and O–H groups in total. The number of esters is 1. The zero-order valence-electron chi connectivity index (χ0n) is 24.1. The summed E-state index contributed by atoms with van der Waals surface area (Å²) < 4.78 is 12.5. The van der Waals surface area contributed by atoms with Gasteiger partial charge >= 0.3 is 5.97 Å². The lowest BCUT2D eigenvalue weighted by Crippen LogP contribution is -2.57.